The van der Waals surface area contributed by atoms with Crippen molar-refractivity contribution < 1.29 is 4.79 Å². The minimum atomic E-state index is -0.802. The minimum Gasteiger partial charge on any atom is -0.350 e. The summed E-state index contributed by atoms with van der Waals surface area (Å²) in [7, 11) is 1.86. The van der Waals surface area contributed by atoms with Gasteiger partial charge < -0.3 is 5.32 Å². The number of halogens is 1. The zero-order valence-corrected chi connectivity index (χ0v) is 12.8. The number of aromatic nitrogens is 4. The molecular formula is C13H18ClN5O. The number of aryl methyl sites for hydroxylation is 2. The van der Waals surface area contributed by atoms with Crippen LogP contribution >= 0.6 is 11.6 Å². The van der Waals surface area contributed by atoms with E-state index in [9.17, 15) is 4.79 Å². The second kappa shape index (κ2) is 5.28. The number of nitrogens with zero attached hydrogens (tertiary/aromatic N) is 4. The molecule has 0 saturated carbocycles. The van der Waals surface area contributed by atoms with Gasteiger partial charge in [0.05, 0.1) is 16.9 Å². The van der Waals surface area contributed by atoms with Crippen molar-refractivity contribution in [3.63, 3.8) is 0 Å². The third kappa shape index (κ3) is 2.85. The molecule has 6 nitrogen and oxygen atoms in total. The van der Waals surface area contributed by atoms with Crippen molar-refractivity contribution in [2.45, 2.75) is 32.9 Å². The summed E-state index contributed by atoms with van der Waals surface area (Å²) in [4.78, 5) is 12.3. The second-order valence-electron chi connectivity index (χ2n) is 5.26. The average molecular weight is 296 g/mol. The lowest BCUT2D eigenvalue weighted by Gasteiger charge is -2.24. The zero-order chi connectivity index (χ0) is 14.9. The molecule has 2 aromatic rings. The summed E-state index contributed by atoms with van der Waals surface area (Å²) >= 11 is 5.84. The molecule has 20 heavy (non-hydrogen) atoms. The third-order valence-electron chi connectivity index (χ3n) is 3.23. The van der Waals surface area contributed by atoms with Crippen LogP contribution in [0.2, 0.25) is 5.02 Å². The molecule has 0 fully saturated rings. The highest BCUT2D eigenvalue weighted by Gasteiger charge is 2.30. The maximum atomic E-state index is 12.3. The lowest BCUT2D eigenvalue weighted by Crippen LogP contribution is -2.44. The minimum absolute atomic E-state index is 0.125. The largest absolute Gasteiger partial charge is 0.350 e. The molecule has 0 aromatic carbocycles. The summed E-state index contributed by atoms with van der Waals surface area (Å²) in [6, 6.07) is 0. The molecule has 0 atom stereocenters. The molecule has 2 aromatic heterocycles. The maximum Gasteiger partial charge on any atom is 0.247 e. The first-order valence-electron chi connectivity index (χ1n) is 6.29. The Morgan fingerprint density at radius 3 is 2.65 bits per heavy atom. The summed E-state index contributed by atoms with van der Waals surface area (Å²) in [5.41, 5.74) is 1.10. The van der Waals surface area contributed by atoms with Gasteiger partial charge in [-0.3, -0.25) is 14.2 Å². The molecule has 0 unspecified atom stereocenters. The maximum absolute atomic E-state index is 12.3. The van der Waals surface area contributed by atoms with Crippen molar-refractivity contribution in [2.24, 2.45) is 7.05 Å². The van der Waals surface area contributed by atoms with E-state index in [1.165, 1.54) is 6.20 Å². The molecule has 2 rings (SSSR count). The predicted molar refractivity (Wildman–Crippen MR) is 76.4 cm³/mol. The Kier molecular flexibility index (Phi) is 3.85. The van der Waals surface area contributed by atoms with Crippen LogP contribution in [-0.4, -0.2) is 25.5 Å². The monoisotopic (exact) mass is 295 g/mol. The Bertz CT molecular complexity index is 628. The van der Waals surface area contributed by atoms with Gasteiger partial charge in [-0.05, 0) is 20.8 Å². The molecule has 0 aliphatic heterocycles. The number of rotatable bonds is 4. The molecule has 1 amide bonds. The molecule has 0 saturated heterocycles. The highest BCUT2D eigenvalue weighted by Crippen LogP contribution is 2.17. The van der Waals surface area contributed by atoms with Crippen molar-refractivity contribution in [3.8, 4) is 0 Å². The Morgan fingerprint density at radius 1 is 1.45 bits per heavy atom. The molecule has 1 N–H and O–H groups in total. The zero-order valence-electron chi connectivity index (χ0n) is 12.0. The summed E-state index contributed by atoms with van der Waals surface area (Å²) in [6.45, 7) is 5.94. The van der Waals surface area contributed by atoms with E-state index in [0.717, 1.165) is 11.3 Å². The number of nitrogens with one attached hydrogen (secondary N) is 1. The number of amides is 1. The molecule has 0 aliphatic carbocycles. The van der Waals surface area contributed by atoms with Crippen LogP contribution in [0.3, 0.4) is 0 Å². The molecule has 0 aliphatic rings. The summed E-state index contributed by atoms with van der Waals surface area (Å²) in [5, 5.41) is 11.7. The van der Waals surface area contributed by atoms with Crippen LogP contribution in [-0.2, 0) is 23.9 Å². The average Bonchev–Trinajstić information content (AvgIpc) is 2.92. The predicted octanol–water partition coefficient (Wildman–Crippen LogP) is 1.63. The van der Waals surface area contributed by atoms with Crippen LogP contribution in [0.25, 0.3) is 0 Å². The van der Waals surface area contributed by atoms with Crippen molar-refractivity contribution in [1.29, 1.82) is 0 Å². The van der Waals surface area contributed by atoms with Gasteiger partial charge in [0.2, 0.25) is 5.91 Å². The quantitative estimate of drug-likeness (QED) is 0.932. The van der Waals surface area contributed by atoms with E-state index in [1.807, 2.05) is 20.2 Å². The van der Waals surface area contributed by atoms with Crippen LogP contribution in [0.5, 0.6) is 0 Å². The number of hydrogen-bond donors (Lipinski definition) is 1. The molecular weight excluding hydrogens is 278 g/mol. The van der Waals surface area contributed by atoms with E-state index >= 15 is 0 Å². The van der Waals surface area contributed by atoms with Crippen LogP contribution in [0, 0.1) is 6.92 Å². The first-order valence-corrected chi connectivity index (χ1v) is 6.66. The Hall–Kier alpha value is -1.82. The fourth-order valence-electron chi connectivity index (χ4n) is 1.92. The second-order valence-corrected chi connectivity index (χ2v) is 5.69. The van der Waals surface area contributed by atoms with Crippen LogP contribution < -0.4 is 5.32 Å². The molecule has 108 valence electrons. The first-order chi connectivity index (χ1) is 9.30. The third-order valence-corrected chi connectivity index (χ3v) is 3.43. The van der Waals surface area contributed by atoms with Crippen LogP contribution in [0.1, 0.15) is 25.1 Å². The fourth-order valence-corrected chi connectivity index (χ4v) is 2.06. The SMILES string of the molecule is Cc1nn(C)cc1CNC(=O)C(C)(C)n1cc(Cl)cn1. The summed E-state index contributed by atoms with van der Waals surface area (Å²) < 4.78 is 3.29. The topological polar surface area (TPSA) is 64.7 Å². The van der Waals surface area contributed by atoms with Crippen molar-refractivity contribution >= 4 is 17.5 Å². The van der Waals surface area contributed by atoms with E-state index in [-0.39, 0.29) is 5.91 Å². The Balaban J connectivity index is 2.06. The number of carbonyl (C=O) groups is 1. The van der Waals surface area contributed by atoms with Gasteiger partial charge in [0, 0.05) is 31.5 Å². The number of hydrogen-bond acceptors (Lipinski definition) is 3. The number of carbonyl (C=O) groups excluding carboxylic acids is 1. The van der Waals surface area contributed by atoms with Gasteiger partial charge in [-0.1, -0.05) is 11.6 Å². The smallest absolute Gasteiger partial charge is 0.247 e. The Morgan fingerprint density at radius 2 is 2.15 bits per heavy atom. The normalized spacial score (nSPS) is 11.7. The van der Waals surface area contributed by atoms with Gasteiger partial charge in [0.25, 0.3) is 0 Å². The molecule has 0 radical (unpaired) electrons. The lowest BCUT2D eigenvalue weighted by molar-refractivity contribution is -0.129. The van der Waals surface area contributed by atoms with Gasteiger partial charge in [-0.2, -0.15) is 10.2 Å². The molecule has 0 bridgehead atoms. The highest BCUT2D eigenvalue weighted by molar-refractivity contribution is 6.30. The van der Waals surface area contributed by atoms with E-state index in [2.05, 4.69) is 15.5 Å². The van der Waals surface area contributed by atoms with Crippen molar-refractivity contribution in [2.75, 3.05) is 0 Å². The van der Waals surface area contributed by atoms with E-state index < -0.39 is 5.54 Å². The van der Waals surface area contributed by atoms with E-state index in [0.29, 0.717) is 11.6 Å². The summed E-state index contributed by atoms with van der Waals surface area (Å²) in [6.07, 6.45) is 5.05. The van der Waals surface area contributed by atoms with Crippen LogP contribution in [0.4, 0.5) is 0 Å². The van der Waals surface area contributed by atoms with Gasteiger partial charge in [-0.25, -0.2) is 0 Å². The molecule has 7 heteroatoms. The van der Waals surface area contributed by atoms with E-state index in [1.54, 1.807) is 29.4 Å². The molecule has 0 spiro atoms. The van der Waals surface area contributed by atoms with Gasteiger partial charge in [-0.15, -0.1) is 0 Å². The fraction of sp³-hybridized carbons (Fsp3) is 0.462. The Labute approximate surface area is 122 Å². The highest BCUT2D eigenvalue weighted by atomic mass is 35.5. The van der Waals surface area contributed by atoms with Crippen LogP contribution in [0.15, 0.2) is 18.6 Å². The van der Waals surface area contributed by atoms with Gasteiger partial charge in [0.1, 0.15) is 5.54 Å². The van der Waals surface area contributed by atoms with Crippen molar-refractivity contribution in [1.82, 2.24) is 24.9 Å². The standard InChI is InChI=1S/C13H18ClN5O/c1-9-10(7-18(4)17-9)5-15-12(20)13(2,3)19-8-11(14)6-16-19/h6-8H,5H2,1-4H3,(H,15,20). The lowest BCUT2D eigenvalue weighted by atomic mass is 10.0. The van der Waals surface area contributed by atoms with E-state index in [4.69, 9.17) is 11.6 Å². The van der Waals surface area contributed by atoms with Crippen molar-refractivity contribution in [3.05, 3.63) is 34.9 Å². The molecule has 2 heterocycles. The summed E-state index contributed by atoms with van der Waals surface area (Å²) in [5.74, 6) is -0.125. The van der Waals surface area contributed by atoms with Gasteiger partial charge >= 0.3 is 0 Å². The first kappa shape index (κ1) is 14.6. The van der Waals surface area contributed by atoms with Gasteiger partial charge in [0.15, 0.2) is 0 Å².